The number of piperazine rings is 1. The van der Waals surface area contributed by atoms with Crippen molar-refractivity contribution >= 4 is 23.4 Å². The van der Waals surface area contributed by atoms with E-state index in [1.54, 1.807) is 13.1 Å². The van der Waals surface area contributed by atoms with Crippen LogP contribution in [0.15, 0.2) is 30.5 Å². The van der Waals surface area contributed by atoms with Gasteiger partial charge in [0.15, 0.2) is 5.82 Å². The molecule has 1 N–H and O–H groups in total. The van der Waals surface area contributed by atoms with Gasteiger partial charge in [-0.15, -0.1) is 5.10 Å². The fourth-order valence-corrected chi connectivity index (χ4v) is 2.82. The highest BCUT2D eigenvalue weighted by Crippen LogP contribution is 2.20. The lowest BCUT2D eigenvalue weighted by Crippen LogP contribution is -2.48. The van der Waals surface area contributed by atoms with Gasteiger partial charge >= 0.3 is 0 Å². The molecule has 0 aliphatic carbocycles. The number of hydrogen-bond acceptors (Lipinski definition) is 6. The molecule has 0 radical (unpaired) electrons. The standard InChI is InChI=1S/C17H22N6O/c1-3-14-6-4-5-7-15(14)19-17-20-16(12-18-21-17)23-10-8-22(9-11-23)13(2)24/h4-7,12H,3,8-11H2,1-2H3,(H,19,20,21). The van der Waals surface area contributed by atoms with Crippen LogP contribution < -0.4 is 10.2 Å². The van der Waals surface area contributed by atoms with Gasteiger partial charge < -0.3 is 15.1 Å². The molecule has 1 saturated heterocycles. The van der Waals surface area contributed by atoms with Gasteiger partial charge in [0, 0.05) is 38.8 Å². The largest absolute Gasteiger partial charge is 0.352 e. The molecule has 2 heterocycles. The molecule has 1 aliphatic heterocycles. The number of nitrogens with one attached hydrogen (secondary N) is 1. The Labute approximate surface area is 141 Å². The zero-order valence-corrected chi connectivity index (χ0v) is 14.1. The Hall–Kier alpha value is -2.70. The molecule has 1 aliphatic rings. The predicted molar refractivity (Wildman–Crippen MR) is 93.4 cm³/mol. The molecule has 0 atom stereocenters. The highest BCUT2D eigenvalue weighted by Gasteiger charge is 2.20. The van der Waals surface area contributed by atoms with Crippen molar-refractivity contribution in [2.45, 2.75) is 20.3 Å². The molecule has 2 aromatic rings. The number of anilines is 3. The summed E-state index contributed by atoms with van der Waals surface area (Å²) in [5, 5.41) is 11.4. The van der Waals surface area contributed by atoms with Crippen molar-refractivity contribution in [2.75, 3.05) is 36.4 Å². The number of aryl methyl sites for hydroxylation is 1. The molecule has 1 aromatic carbocycles. The predicted octanol–water partition coefficient (Wildman–Crippen LogP) is 1.85. The lowest BCUT2D eigenvalue weighted by atomic mass is 10.1. The third-order valence-electron chi connectivity index (χ3n) is 4.24. The molecule has 0 spiro atoms. The first-order valence-corrected chi connectivity index (χ1v) is 8.22. The molecule has 7 nitrogen and oxygen atoms in total. The number of aromatic nitrogens is 3. The molecule has 7 heteroatoms. The normalized spacial score (nSPS) is 14.6. The van der Waals surface area contributed by atoms with Gasteiger partial charge in [0.25, 0.3) is 0 Å². The van der Waals surface area contributed by atoms with Gasteiger partial charge in [-0.2, -0.15) is 10.1 Å². The Bertz CT molecular complexity index is 712. The van der Waals surface area contributed by atoms with Crippen molar-refractivity contribution in [3.05, 3.63) is 36.0 Å². The first kappa shape index (κ1) is 16.2. The Morgan fingerprint density at radius 2 is 1.96 bits per heavy atom. The number of nitrogens with zero attached hydrogens (tertiary/aromatic N) is 5. The Balaban J connectivity index is 1.72. The van der Waals surface area contributed by atoms with E-state index in [0.29, 0.717) is 19.0 Å². The highest BCUT2D eigenvalue weighted by atomic mass is 16.2. The molecule has 1 fully saturated rings. The van der Waals surface area contributed by atoms with E-state index in [0.717, 1.165) is 31.0 Å². The average molecular weight is 326 g/mol. The number of benzene rings is 1. The summed E-state index contributed by atoms with van der Waals surface area (Å²) < 4.78 is 0. The van der Waals surface area contributed by atoms with E-state index in [-0.39, 0.29) is 5.91 Å². The van der Waals surface area contributed by atoms with E-state index in [1.807, 2.05) is 23.1 Å². The maximum Gasteiger partial charge on any atom is 0.249 e. The second kappa shape index (κ2) is 7.25. The van der Waals surface area contributed by atoms with Gasteiger partial charge in [-0.1, -0.05) is 25.1 Å². The molecule has 1 amide bonds. The molecular weight excluding hydrogens is 304 g/mol. The number of rotatable bonds is 4. The number of carbonyl (C=O) groups is 1. The Morgan fingerprint density at radius 1 is 1.21 bits per heavy atom. The van der Waals surface area contributed by atoms with Gasteiger partial charge in [0.1, 0.15) is 0 Å². The monoisotopic (exact) mass is 326 g/mol. The zero-order chi connectivity index (χ0) is 16.9. The van der Waals surface area contributed by atoms with Gasteiger partial charge in [0.05, 0.1) is 6.20 Å². The third kappa shape index (κ3) is 3.61. The highest BCUT2D eigenvalue weighted by molar-refractivity contribution is 5.73. The average Bonchev–Trinajstić information content (AvgIpc) is 2.62. The smallest absolute Gasteiger partial charge is 0.249 e. The minimum Gasteiger partial charge on any atom is -0.352 e. The van der Waals surface area contributed by atoms with E-state index in [4.69, 9.17) is 0 Å². The lowest BCUT2D eigenvalue weighted by Gasteiger charge is -2.34. The summed E-state index contributed by atoms with van der Waals surface area (Å²) in [5.74, 6) is 1.39. The van der Waals surface area contributed by atoms with Gasteiger partial charge in [0.2, 0.25) is 11.9 Å². The fraction of sp³-hybridized carbons (Fsp3) is 0.412. The van der Waals surface area contributed by atoms with Crippen molar-refractivity contribution in [3.63, 3.8) is 0 Å². The molecular formula is C17H22N6O. The molecule has 0 bridgehead atoms. The molecule has 24 heavy (non-hydrogen) atoms. The summed E-state index contributed by atoms with van der Waals surface area (Å²) >= 11 is 0. The van der Waals surface area contributed by atoms with Crippen LogP contribution in [0.2, 0.25) is 0 Å². The molecule has 0 unspecified atom stereocenters. The zero-order valence-electron chi connectivity index (χ0n) is 14.1. The van der Waals surface area contributed by atoms with Crippen molar-refractivity contribution in [1.82, 2.24) is 20.1 Å². The fourth-order valence-electron chi connectivity index (χ4n) is 2.82. The summed E-state index contributed by atoms with van der Waals surface area (Å²) in [7, 11) is 0. The van der Waals surface area contributed by atoms with E-state index in [2.05, 4.69) is 38.4 Å². The lowest BCUT2D eigenvalue weighted by molar-refractivity contribution is -0.129. The van der Waals surface area contributed by atoms with Crippen LogP contribution in [-0.4, -0.2) is 52.2 Å². The van der Waals surface area contributed by atoms with Crippen LogP contribution in [0.3, 0.4) is 0 Å². The minimum atomic E-state index is 0.119. The topological polar surface area (TPSA) is 74.2 Å². The van der Waals surface area contributed by atoms with E-state index in [9.17, 15) is 4.79 Å². The minimum absolute atomic E-state index is 0.119. The van der Waals surface area contributed by atoms with Crippen molar-refractivity contribution in [3.8, 4) is 0 Å². The number of amides is 1. The van der Waals surface area contributed by atoms with Crippen LogP contribution in [0.25, 0.3) is 0 Å². The second-order valence-corrected chi connectivity index (χ2v) is 5.77. The van der Waals surface area contributed by atoms with Crippen LogP contribution in [0.5, 0.6) is 0 Å². The second-order valence-electron chi connectivity index (χ2n) is 5.77. The maximum atomic E-state index is 11.4. The molecule has 1 aromatic heterocycles. The van der Waals surface area contributed by atoms with Crippen LogP contribution in [0.1, 0.15) is 19.4 Å². The maximum absolute atomic E-state index is 11.4. The van der Waals surface area contributed by atoms with Gasteiger partial charge in [-0.3, -0.25) is 4.79 Å². The molecule has 0 saturated carbocycles. The van der Waals surface area contributed by atoms with Crippen LogP contribution in [0.4, 0.5) is 17.5 Å². The summed E-state index contributed by atoms with van der Waals surface area (Å²) in [5.41, 5.74) is 2.21. The van der Waals surface area contributed by atoms with E-state index in [1.165, 1.54) is 5.56 Å². The van der Waals surface area contributed by atoms with Crippen LogP contribution in [-0.2, 0) is 11.2 Å². The van der Waals surface area contributed by atoms with Crippen LogP contribution in [0, 0.1) is 0 Å². The summed E-state index contributed by atoms with van der Waals surface area (Å²) in [4.78, 5) is 20.0. The first-order chi connectivity index (χ1) is 11.7. The Kier molecular flexibility index (Phi) is 4.88. The van der Waals surface area contributed by atoms with Crippen molar-refractivity contribution in [1.29, 1.82) is 0 Å². The summed E-state index contributed by atoms with van der Waals surface area (Å²) in [6, 6.07) is 8.11. The quantitative estimate of drug-likeness (QED) is 0.924. The number of para-hydroxylation sites is 1. The first-order valence-electron chi connectivity index (χ1n) is 8.22. The SMILES string of the molecule is CCc1ccccc1Nc1nncc(N2CCN(C(C)=O)CC2)n1. The molecule has 3 rings (SSSR count). The number of hydrogen-bond donors (Lipinski definition) is 1. The Morgan fingerprint density at radius 3 is 2.67 bits per heavy atom. The van der Waals surface area contributed by atoms with Gasteiger partial charge in [-0.05, 0) is 18.1 Å². The van der Waals surface area contributed by atoms with E-state index < -0.39 is 0 Å². The van der Waals surface area contributed by atoms with Crippen molar-refractivity contribution in [2.24, 2.45) is 0 Å². The number of carbonyl (C=O) groups excluding carboxylic acids is 1. The van der Waals surface area contributed by atoms with Crippen LogP contribution >= 0.6 is 0 Å². The van der Waals surface area contributed by atoms with E-state index >= 15 is 0 Å². The van der Waals surface area contributed by atoms with Gasteiger partial charge in [-0.25, -0.2) is 0 Å². The third-order valence-corrected chi connectivity index (χ3v) is 4.24. The summed E-state index contributed by atoms with van der Waals surface area (Å²) in [6.07, 6.45) is 2.60. The summed E-state index contributed by atoms with van der Waals surface area (Å²) in [6.45, 7) is 6.65. The molecule has 126 valence electrons. The van der Waals surface area contributed by atoms with Crippen molar-refractivity contribution < 1.29 is 4.79 Å².